The van der Waals surface area contributed by atoms with Gasteiger partial charge in [0, 0.05) is 41.3 Å². The van der Waals surface area contributed by atoms with Crippen LogP contribution in [0.15, 0.2) is 65.8 Å². The van der Waals surface area contributed by atoms with Crippen LogP contribution in [0.25, 0.3) is 33.5 Å². The van der Waals surface area contributed by atoms with Crippen LogP contribution in [0.5, 0.6) is 0 Å². The van der Waals surface area contributed by atoms with Crippen molar-refractivity contribution in [2.45, 2.75) is 82.7 Å². The predicted molar refractivity (Wildman–Crippen MR) is 189 cm³/mol. The summed E-state index contributed by atoms with van der Waals surface area (Å²) in [7, 11) is 1.28. The van der Waals surface area contributed by atoms with E-state index in [4.69, 9.17) is 9.73 Å². The fourth-order valence-corrected chi connectivity index (χ4v) is 8.31. The lowest BCUT2D eigenvalue weighted by molar-refractivity contribution is -0.134. The second-order valence-corrected chi connectivity index (χ2v) is 14.4. The number of alkyl carbamates (subject to hydrolysis) is 1. The maximum atomic E-state index is 16.2. The third-order valence-corrected chi connectivity index (χ3v) is 11.0. The molecule has 8 rings (SSSR count). The number of fused-ring (bicyclic) bond motifs is 4. The molecule has 3 aromatic carbocycles. The number of nitrogens with zero attached hydrogens (tertiary/aromatic N) is 3. The number of carbonyl (C=O) groups is 2. The van der Waals surface area contributed by atoms with Gasteiger partial charge >= 0.3 is 6.09 Å². The number of benzene rings is 3. The number of nitrogens with one attached hydrogen (secondary N) is 2. The number of rotatable bonds is 7. The lowest BCUT2D eigenvalue weighted by atomic mass is 9.95. The first-order valence-electron chi connectivity index (χ1n) is 17.7. The van der Waals surface area contributed by atoms with Crippen molar-refractivity contribution < 1.29 is 23.1 Å². The summed E-state index contributed by atoms with van der Waals surface area (Å²) in [6.45, 7) is 4.38. The molecule has 50 heavy (non-hydrogen) atoms. The Balaban J connectivity index is 1.01. The zero-order valence-electron chi connectivity index (χ0n) is 28.6. The van der Waals surface area contributed by atoms with Crippen LogP contribution in [0.1, 0.15) is 80.8 Å². The number of hydrogen-bond acceptors (Lipinski definition) is 5. The molecule has 3 heterocycles. The highest BCUT2D eigenvalue weighted by molar-refractivity contribution is 6.01. The average Bonchev–Trinajstić information content (AvgIpc) is 3.96. The molecule has 4 aliphatic rings. The largest absolute Gasteiger partial charge is 0.453 e. The molecular weight excluding hydrogens is 636 g/mol. The molecule has 0 spiro atoms. The Bertz CT molecular complexity index is 2030. The molecule has 1 aromatic heterocycles. The first-order chi connectivity index (χ1) is 24.1. The highest BCUT2D eigenvalue weighted by atomic mass is 19.3. The number of likely N-dealkylation sites (tertiary alicyclic amines) is 1. The normalized spacial score (nSPS) is 19.7. The Kier molecular flexibility index (Phi) is 8.07. The van der Waals surface area contributed by atoms with E-state index in [2.05, 4.69) is 15.3 Å². The molecule has 2 aliphatic heterocycles. The van der Waals surface area contributed by atoms with Gasteiger partial charge in [-0.2, -0.15) is 8.78 Å². The fraction of sp³-hybridized carbons (Fsp3) is 0.400. The van der Waals surface area contributed by atoms with Gasteiger partial charge in [-0.15, -0.1) is 0 Å². The summed E-state index contributed by atoms with van der Waals surface area (Å²) in [6.07, 6.45) is 7.96. The van der Waals surface area contributed by atoms with E-state index in [9.17, 15) is 9.59 Å². The van der Waals surface area contributed by atoms with Crippen LogP contribution in [0.2, 0.25) is 0 Å². The molecule has 258 valence electrons. The van der Waals surface area contributed by atoms with E-state index in [0.717, 1.165) is 59.7 Å². The summed E-state index contributed by atoms with van der Waals surface area (Å²) in [5.41, 5.74) is 6.91. The standard InChI is InChI=1S/C40H41F2N5O3/c1-22(2)36(46-39(49)50-3)38(48)47-16-6-9-35(47)33-20-27-17-24(12-15-32(27)44-33)25-10-13-28-29-14-11-26(19-31(29)40(41,42)30(28)18-25)34-21-43-37(45-34)23-7-4-5-8-23/h10-15,17-19,21-23,35-36H,4-9,16,20H2,1-3H3,(H,43,45)(H,46,49)/t35-,36?/m0/s1. The molecule has 10 heteroatoms. The van der Waals surface area contributed by atoms with Crippen LogP contribution >= 0.6 is 0 Å². The maximum absolute atomic E-state index is 16.2. The third kappa shape index (κ3) is 5.49. The number of halogens is 2. The summed E-state index contributed by atoms with van der Waals surface area (Å²) in [5, 5.41) is 2.70. The highest BCUT2D eigenvalue weighted by Crippen LogP contribution is 2.53. The SMILES string of the molecule is COC(=O)NC(C(=O)N1CCC[C@H]1C1=Nc2ccc(-c3ccc4c(c3)C(F)(F)c3cc(-c5cnc(C6CCCC6)[nH]5)ccc3-4)cc2C1)C(C)C. The Morgan fingerprint density at radius 3 is 2.34 bits per heavy atom. The molecule has 1 unspecified atom stereocenters. The Morgan fingerprint density at radius 1 is 0.940 bits per heavy atom. The molecule has 2 atom stereocenters. The summed E-state index contributed by atoms with van der Waals surface area (Å²) < 4.78 is 37.2. The van der Waals surface area contributed by atoms with Crippen molar-refractivity contribution in [3.63, 3.8) is 0 Å². The van der Waals surface area contributed by atoms with Gasteiger partial charge in [0.2, 0.25) is 5.91 Å². The molecular formula is C40H41F2N5O3. The molecule has 1 saturated carbocycles. The van der Waals surface area contributed by atoms with E-state index >= 15 is 8.78 Å². The van der Waals surface area contributed by atoms with Crippen molar-refractivity contribution in [3.05, 3.63) is 83.3 Å². The maximum Gasteiger partial charge on any atom is 0.407 e. The zero-order chi connectivity index (χ0) is 34.7. The van der Waals surface area contributed by atoms with E-state index in [0.29, 0.717) is 41.1 Å². The van der Waals surface area contributed by atoms with Crippen molar-refractivity contribution >= 4 is 23.4 Å². The number of alkyl halides is 2. The Morgan fingerprint density at radius 2 is 1.62 bits per heavy atom. The quantitative estimate of drug-likeness (QED) is 0.205. The minimum atomic E-state index is -3.15. The van der Waals surface area contributed by atoms with E-state index in [1.165, 1.54) is 20.0 Å². The number of carbonyl (C=O) groups excluding carboxylic acids is 2. The highest BCUT2D eigenvalue weighted by Gasteiger charge is 2.45. The number of imidazole rings is 1. The molecule has 1 saturated heterocycles. The minimum absolute atomic E-state index is 0.0104. The summed E-state index contributed by atoms with van der Waals surface area (Å²) in [6, 6.07) is 15.7. The third-order valence-electron chi connectivity index (χ3n) is 11.0. The lowest BCUT2D eigenvalue weighted by Gasteiger charge is -2.30. The van der Waals surface area contributed by atoms with Gasteiger partial charge in [-0.1, -0.05) is 57.0 Å². The van der Waals surface area contributed by atoms with Crippen molar-refractivity contribution in [2.24, 2.45) is 10.9 Å². The first kappa shape index (κ1) is 32.4. The van der Waals surface area contributed by atoms with E-state index in [1.807, 2.05) is 55.1 Å². The molecule has 2 amide bonds. The van der Waals surface area contributed by atoms with Crippen LogP contribution in [0.3, 0.4) is 0 Å². The summed E-state index contributed by atoms with van der Waals surface area (Å²) >= 11 is 0. The molecule has 2 fully saturated rings. The molecule has 2 aliphatic carbocycles. The van der Waals surface area contributed by atoms with E-state index in [-0.39, 0.29) is 29.0 Å². The second kappa shape index (κ2) is 12.5. The Labute approximate surface area is 290 Å². The summed E-state index contributed by atoms with van der Waals surface area (Å²) in [4.78, 5) is 40.3. The molecule has 8 nitrogen and oxygen atoms in total. The fourth-order valence-electron chi connectivity index (χ4n) is 8.31. The van der Waals surface area contributed by atoms with Crippen molar-refractivity contribution in [1.82, 2.24) is 20.2 Å². The molecule has 0 bridgehead atoms. The number of hydrogen-bond donors (Lipinski definition) is 2. The zero-order valence-corrected chi connectivity index (χ0v) is 28.6. The second-order valence-electron chi connectivity index (χ2n) is 14.4. The topological polar surface area (TPSA) is 99.7 Å². The molecule has 0 radical (unpaired) electrons. The first-order valence-corrected chi connectivity index (χ1v) is 17.7. The summed E-state index contributed by atoms with van der Waals surface area (Å²) in [5.74, 6) is -2.04. The van der Waals surface area contributed by atoms with E-state index < -0.39 is 18.1 Å². The number of ether oxygens (including phenoxy) is 1. The van der Waals surface area contributed by atoms with Crippen LogP contribution < -0.4 is 5.32 Å². The van der Waals surface area contributed by atoms with Crippen LogP contribution in [0.4, 0.5) is 19.3 Å². The lowest BCUT2D eigenvalue weighted by Crippen LogP contribution is -2.53. The molecule has 4 aromatic rings. The van der Waals surface area contributed by atoms with Crippen molar-refractivity contribution in [1.29, 1.82) is 0 Å². The average molecular weight is 678 g/mol. The van der Waals surface area contributed by atoms with Gasteiger partial charge in [0.25, 0.3) is 5.92 Å². The van der Waals surface area contributed by atoms with Crippen LogP contribution in [-0.2, 0) is 21.9 Å². The number of amides is 2. The van der Waals surface area contributed by atoms with Gasteiger partial charge in [0.1, 0.15) is 11.9 Å². The van der Waals surface area contributed by atoms with Gasteiger partial charge in [-0.25, -0.2) is 9.78 Å². The number of H-pyrrole nitrogens is 1. The van der Waals surface area contributed by atoms with Crippen molar-refractivity contribution in [3.8, 4) is 33.5 Å². The smallest absolute Gasteiger partial charge is 0.407 e. The number of methoxy groups -OCH3 is 1. The van der Waals surface area contributed by atoms with Crippen LogP contribution in [-0.4, -0.2) is 58.3 Å². The number of aliphatic imine (C=N–C) groups is 1. The minimum Gasteiger partial charge on any atom is -0.453 e. The number of aromatic amines is 1. The van der Waals surface area contributed by atoms with Gasteiger partial charge in [-0.3, -0.25) is 9.79 Å². The monoisotopic (exact) mass is 677 g/mol. The van der Waals surface area contributed by atoms with Crippen LogP contribution in [0, 0.1) is 5.92 Å². The Hall–Kier alpha value is -4.86. The van der Waals surface area contributed by atoms with Gasteiger partial charge in [0.15, 0.2) is 0 Å². The predicted octanol–water partition coefficient (Wildman–Crippen LogP) is 8.52. The van der Waals surface area contributed by atoms with Gasteiger partial charge in [-0.05, 0) is 83.7 Å². The van der Waals surface area contributed by atoms with Gasteiger partial charge in [0.05, 0.1) is 30.7 Å². The van der Waals surface area contributed by atoms with Gasteiger partial charge < -0.3 is 19.9 Å². The molecule has 2 N–H and O–H groups in total. The van der Waals surface area contributed by atoms with Crippen molar-refractivity contribution in [2.75, 3.05) is 13.7 Å². The number of aromatic nitrogens is 2. The van der Waals surface area contributed by atoms with E-state index in [1.54, 1.807) is 24.4 Å².